The molecule has 0 bridgehead atoms. The second-order valence-corrected chi connectivity index (χ2v) is 10.3. The second-order valence-electron chi connectivity index (χ2n) is 9.94. The van der Waals surface area contributed by atoms with Gasteiger partial charge in [-0.2, -0.15) is 13.2 Å². The number of nitrogens with two attached hydrogens (primary N) is 2. The van der Waals surface area contributed by atoms with Gasteiger partial charge in [-0.25, -0.2) is 15.8 Å². The third kappa shape index (κ3) is 9.20. The van der Waals surface area contributed by atoms with Crippen LogP contribution in [0.2, 0.25) is 0 Å². The maximum Gasteiger partial charge on any atom is 0.423 e. The lowest BCUT2D eigenvalue weighted by Crippen LogP contribution is -2.30. The zero-order valence-electron chi connectivity index (χ0n) is 24.5. The molecule has 230 valence electrons. The van der Waals surface area contributed by atoms with Gasteiger partial charge in [0.1, 0.15) is 11.4 Å². The van der Waals surface area contributed by atoms with Gasteiger partial charge in [-0.05, 0) is 64.6 Å². The van der Waals surface area contributed by atoms with Crippen LogP contribution in [0.15, 0.2) is 99.9 Å². The van der Waals surface area contributed by atoms with Crippen LogP contribution in [0.3, 0.4) is 0 Å². The molecule has 2 heterocycles. The van der Waals surface area contributed by atoms with Crippen molar-refractivity contribution in [3.05, 3.63) is 105 Å². The van der Waals surface area contributed by atoms with Gasteiger partial charge in [-0.3, -0.25) is 9.80 Å². The Labute approximate surface area is 254 Å². The summed E-state index contributed by atoms with van der Waals surface area (Å²) in [5, 5.41) is 3.78. The molecule has 0 aromatic carbocycles. The molecule has 1 saturated heterocycles. The fourth-order valence-corrected chi connectivity index (χ4v) is 4.53. The van der Waals surface area contributed by atoms with Gasteiger partial charge in [0, 0.05) is 55.1 Å². The smallest absolute Gasteiger partial charge is 0.397 e. The molecule has 1 aliphatic carbocycles. The average Bonchev–Trinajstić information content (AvgIpc) is 3.30. The number of hydrazine groups is 1. The van der Waals surface area contributed by atoms with Gasteiger partial charge < -0.3 is 20.9 Å². The van der Waals surface area contributed by atoms with Crippen LogP contribution >= 0.6 is 11.6 Å². The van der Waals surface area contributed by atoms with Crippen LogP contribution in [0.25, 0.3) is 5.70 Å². The van der Waals surface area contributed by atoms with E-state index in [1.807, 2.05) is 31.9 Å². The van der Waals surface area contributed by atoms with Crippen LogP contribution in [0, 0.1) is 0 Å². The van der Waals surface area contributed by atoms with Gasteiger partial charge in [0.05, 0.1) is 22.7 Å². The minimum Gasteiger partial charge on any atom is -0.397 e. The third-order valence-electron chi connectivity index (χ3n) is 6.84. The Morgan fingerprint density at radius 2 is 1.84 bits per heavy atom. The molecule has 2 aliphatic rings. The molecule has 1 aliphatic heterocycles. The Bertz CT molecular complexity index is 1450. The molecule has 9 nitrogen and oxygen atoms in total. The summed E-state index contributed by atoms with van der Waals surface area (Å²) in [6.45, 7) is 7.92. The Kier molecular flexibility index (Phi) is 11.6. The molecule has 0 unspecified atom stereocenters. The van der Waals surface area contributed by atoms with Crippen molar-refractivity contribution in [2.45, 2.75) is 33.4 Å². The molecule has 0 saturated carbocycles. The zero-order chi connectivity index (χ0) is 31.7. The molecule has 1 aromatic heterocycles. The Morgan fingerprint density at radius 1 is 1.14 bits per heavy atom. The van der Waals surface area contributed by atoms with Crippen molar-refractivity contribution in [3.8, 4) is 0 Å². The number of nitrogens with one attached hydrogen (secondary N) is 1. The normalized spacial score (nSPS) is 18.2. The van der Waals surface area contributed by atoms with Crippen LogP contribution in [-0.4, -0.2) is 70.1 Å². The lowest BCUT2D eigenvalue weighted by Gasteiger charge is -2.25. The van der Waals surface area contributed by atoms with Crippen molar-refractivity contribution in [1.29, 1.82) is 0 Å². The summed E-state index contributed by atoms with van der Waals surface area (Å²) in [5.41, 5.74) is 9.71. The molecular weight excluding hydrogens is 581 g/mol. The Hall–Kier alpha value is -4.09. The molecule has 0 radical (unpaired) electrons. The van der Waals surface area contributed by atoms with Crippen molar-refractivity contribution in [2.24, 2.45) is 11.6 Å². The lowest BCUT2D eigenvalue weighted by molar-refractivity contribution is -0.116. The standard InChI is InChI=1S/C30H36ClF3N8O/c1-5-20(3)27(42(36)18-26(35)22-16-37-19-38-17-22)15-24(6-2)39-29(43)21-12-23(30(32,33)34)14-25(31)28(13-21)41-9-7-8-40(4)10-11-41/h5-6,12-13,15-19H,7-11,35-36H2,1-4H3,(H,39,43)/b20-5?,24-6+,26-18-,27-15+. The molecule has 1 fully saturated rings. The number of nitrogens with zero attached hydrogens (tertiary/aromatic N) is 5. The van der Waals surface area contributed by atoms with Gasteiger partial charge in [0.2, 0.25) is 0 Å². The van der Waals surface area contributed by atoms with E-state index in [9.17, 15) is 18.0 Å². The maximum absolute atomic E-state index is 13.9. The van der Waals surface area contributed by atoms with Crippen molar-refractivity contribution < 1.29 is 18.0 Å². The van der Waals surface area contributed by atoms with E-state index in [-0.39, 0.29) is 10.6 Å². The SMILES string of the molecule is CC=C(C)/C(=C\C(=C/C)NC(=O)C1=CC(C(F)(F)F)=C=C(Cl)C(N2CCCN(C)CC2)=C1)N(N)/C=C(\N)c1cncnc1. The molecular formula is C30H36ClF3N8O. The maximum atomic E-state index is 13.9. The van der Waals surface area contributed by atoms with Crippen LogP contribution < -0.4 is 16.9 Å². The van der Waals surface area contributed by atoms with Gasteiger partial charge in [0.25, 0.3) is 5.91 Å². The van der Waals surface area contributed by atoms with Gasteiger partial charge in [-0.1, -0.05) is 29.5 Å². The quantitative estimate of drug-likeness (QED) is 0.170. The van der Waals surface area contributed by atoms with E-state index in [1.54, 1.807) is 19.1 Å². The fourth-order valence-electron chi connectivity index (χ4n) is 4.25. The predicted octanol–water partition coefficient (Wildman–Crippen LogP) is 4.45. The highest BCUT2D eigenvalue weighted by Crippen LogP contribution is 2.32. The first-order valence-corrected chi connectivity index (χ1v) is 13.9. The van der Waals surface area contributed by atoms with E-state index in [1.165, 1.54) is 36.0 Å². The lowest BCUT2D eigenvalue weighted by atomic mass is 10.1. The topological polar surface area (TPSA) is 117 Å². The average molecular weight is 617 g/mol. The first-order valence-electron chi connectivity index (χ1n) is 13.5. The van der Waals surface area contributed by atoms with Crippen molar-refractivity contribution in [1.82, 2.24) is 30.1 Å². The number of carbonyl (C=O) groups is 1. The van der Waals surface area contributed by atoms with E-state index < -0.39 is 17.7 Å². The van der Waals surface area contributed by atoms with Gasteiger partial charge >= 0.3 is 6.18 Å². The number of allylic oxidation sites excluding steroid dienone is 6. The summed E-state index contributed by atoms with van der Waals surface area (Å²) in [6.07, 6.45) is 9.07. The first-order chi connectivity index (χ1) is 20.3. The van der Waals surface area contributed by atoms with Crippen LogP contribution in [0.4, 0.5) is 13.2 Å². The van der Waals surface area contributed by atoms with E-state index in [4.69, 9.17) is 23.2 Å². The Morgan fingerprint density at radius 3 is 2.47 bits per heavy atom. The Balaban J connectivity index is 1.97. The number of hydrogen-bond donors (Lipinski definition) is 3. The van der Waals surface area contributed by atoms with Crippen molar-refractivity contribution in [3.63, 3.8) is 0 Å². The predicted molar refractivity (Wildman–Crippen MR) is 162 cm³/mol. The summed E-state index contributed by atoms with van der Waals surface area (Å²) in [6, 6.07) is 0. The van der Waals surface area contributed by atoms with E-state index in [0.717, 1.165) is 24.6 Å². The molecule has 5 N–H and O–H groups in total. The third-order valence-corrected chi connectivity index (χ3v) is 7.13. The molecule has 3 rings (SSSR count). The van der Waals surface area contributed by atoms with E-state index in [0.29, 0.717) is 48.0 Å². The number of halogens is 4. The largest absolute Gasteiger partial charge is 0.423 e. The highest BCUT2D eigenvalue weighted by Gasteiger charge is 2.35. The number of likely N-dealkylation sites (N-methyl/N-ethyl adjacent to an activating group) is 1. The molecule has 0 atom stereocenters. The molecule has 1 aromatic rings. The van der Waals surface area contributed by atoms with Crippen molar-refractivity contribution >= 4 is 23.2 Å². The van der Waals surface area contributed by atoms with Gasteiger partial charge in [0.15, 0.2) is 0 Å². The number of amides is 1. The zero-order valence-corrected chi connectivity index (χ0v) is 25.3. The monoisotopic (exact) mass is 616 g/mol. The number of alkyl halides is 3. The number of rotatable bonds is 8. The highest BCUT2D eigenvalue weighted by molar-refractivity contribution is 6.32. The first kappa shape index (κ1) is 33.4. The van der Waals surface area contributed by atoms with Crippen LogP contribution in [0.1, 0.15) is 32.8 Å². The minimum atomic E-state index is -4.77. The van der Waals surface area contributed by atoms with Crippen LogP contribution in [-0.2, 0) is 4.79 Å². The van der Waals surface area contributed by atoms with E-state index in [2.05, 4.69) is 25.9 Å². The molecule has 0 spiro atoms. The summed E-state index contributed by atoms with van der Waals surface area (Å²) < 4.78 is 41.7. The fraction of sp³-hybridized carbons (Fsp3) is 0.333. The summed E-state index contributed by atoms with van der Waals surface area (Å²) >= 11 is 6.38. The number of aromatic nitrogens is 2. The highest BCUT2D eigenvalue weighted by atomic mass is 35.5. The molecule has 13 heteroatoms. The van der Waals surface area contributed by atoms with Crippen LogP contribution in [0.5, 0.6) is 0 Å². The van der Waals surface area contributed by atoms with Gasteiger partial charge in [-0.15, -0.1) is 0 Å². The molecule has 1 amide bonds. The van der Waals surface area contributed by atoms with E-state index >= 15 is 0 Å². The summed E-state index contributed by atoms with van der Waals surface area (Å²) in [5.74, 6) is 5.58. The number of carbonyl (C=O) groups excluding carboxylic acids is 1. The minimum absolute atomic E-state index is 0.208. The summed E-state index contributed by atoms with van der Waals surface area (Å²) in [7, 11) is 1.97. The number of hydrogen-bond acceptors (Lipinski definition) is 8. The van der Waals surface area contributed by atoms with Crippen molar-refractivity contribution in [2.75, 3.05) is 33.2 Å². The molecule has 43 heavy (non-hydrogen) atoms. The summed E-state index contributed by atoms with van der Waals surface area (Å²) in [4.78, 5) is 25.4. The second kappa shape index (κ2) is 14.9.